The summed E-state index contributed by atoms with van der Waals surface area (Å²) in [5, 5.41) is 28.0. The molecule has 0 heterocycles. The minimum Gasteiger partial charge on any atom is -0.392 e. The average Bonchev–Trinajstić information content (AvgIpc) is 2.24. The van der Waals surface area contributed by atoms with Crippen LogP contribution in [0.2, 0.25) is 0 Å². The Hall–Kier alpha value is -0.640. The van der Waals surface area contributed by atoms with Gasteiger partial charge in [-0.05, 0) is 53.4 Å². The second-order valence-corrected chi connectivity index (χ2v) is 5.53. The van der Waals surface area contributed by atoms with Crippen molar-refractivity contribution in [2.24, 2.45) is 0 Å². The van der Waals surface area contributed by atoms with E-state index < -0.39 is 11.7 Å². The summed E-state index contributed by atoms with van der Waals surface area (Å²) in [6.45, 7) is 7.41. The van der Waals surface area contributed by atoms with Crippen molar-refractivity contribution in [2.75, 3.05) is 6.61 Å². The fraction of sp³-hybridized carbons (Fsp3) is 0.733. The van der Waals surface area contributed by atoms with Gasteiger partial charge in [-0.3, -0.25) is 0 Å². The zero-order valence-electron chi connectivity index (χ0n) is 12.1. The topological polar surface area (TPSA) is 60.7 Å². The molecule has 0 bridgehead atoms. The fourth-order valence-electron chi connectivity index (χ4n) is 1.62. The first kappa shape index (κ1) is 17.4. The van der Waals surface area contributed by atoms with E-state index in [1.165, 1.54) is 11.1 Å². The van der Waals surface area contributed by atoms with Crippen molar-refractivity contribution in [3.8, 4) is 0 Å². The third-order valence-electron chi connectivity index (χ3n) is 3.10. The van der Waals surface area contributed by atoms with Crippen LogP contribution in [0, 0.1) is 0 Å². The van der Waals surface area contributed by atoms with Crippen molar-refractivity contribution in [1.82, 2.24) is 0 Å². The number of aliphatic hydroxyl groups excluding tert-OH is 2. The summed E-state index contributed by atoms with van der Waals surface area (Å²) in [5.41, 5.74) is 1.40. The lowest BCUT2D eigenvalue weighted by Crippen LogP contribution is -2.35. The van der Waals surface area contributed by atoms with E-state index in [4.69, 9.17) is 5.11 Å². The normalized spacial score (nSPS) is 15.9. The van der Waals surface area contributed by atoms with Crippen LogP contribution in [0.4, 0.5) is 0 Å². The zero-order chi connectivity index (χ0) is 14.2. The molecule has 0 saturated carbocycles. The lowest BCUT2D eigenvalue weighted by atomic mass is 9.95. The number of rotatable bonds is 8. The Labute approximate surface area is 111 Å². The monoisotopic (exact) mass is 256 g/mol. The van der Waals surface area contributed by atoms with E-state index in [-0.39, 0.29) is 6.61 Å². The van der Waals surface area contributed by atoms with Crippen LogP contribution >= 0.6 is 0 Å². The second-order valence-electron chi connectivity index (χ2n) is 5.53. The maximum absolute atomic E-state index is 9.70. The zero-order valence-corrected chi connectivity index (χ0v) is 12.1. The van der Waals surface area contributed by atoms with Gasteiger partial charge in [0.1, 0.15) is 0 Å². The molecule has 3 N–H and O–H groups in total. The molecule has 0 radical (unpaired) electrons. The van der Waals surface area contributed by atoms with Crippen LogP contribution in [0.25, 0.3) is 0 Å². The van der Waals surface area contributed by atoms with Crippen LogP contribution in [0.15, 0.2) is 23.3 Å². The summed E-state index contributed by atoms with van der Waals surface area (Å²) >= 11 is 0. The molecule has 1 atom stereocenters. The molecule has 0 aliphatic carbocycles. The van der Waals surface area contributed by atoms with E-state index in [1.807, 2.05) is 19.9 Å². The van der Waals surface area contributed by atoms with Gasteiger partial charge in [-0.15, -0.1) is 0 Å². The molecule has 0 aromatic carbocycles. The van der Waals surface area contributed by atoms with Gasteiger partial charge >= 0.3 is 0 Å². The largest absolute Gasteiger partial charge is 0.392 e. The highest BCUT2D eigenvalue weighted by atomic mass is 16.3. The van der Waals surface area contributed by atoms with E-state index in [0.29, 0.717) is 6.42 Å². The average molecular weight is 256 g/mol. The third-order valence-corrected chi connectivity index (χ3v) is 3.10. The summed E-state index contributed by atoms with van der Waals surface area (Å²) < 4.78 is 0. The van der Waals surface area contributed by atoms with Crippen LogP contribution in [0.3, 0.4) is 0 Å². The molecule has 0 aromatic rings. The lowest BCUT2D eigenvalue weighted by molar-refractivity contribution is -0.0509. The van der Waals surface area contributed by atoms with Gasteiger partial charge in [0.05, 0.1) is 18.3 Å². The smallest absolute Gasteiger partial charge is 0.0849 e. The van der Waals surface area contributed by atoms with Gasteiger partial charge < -0.3 is 15.3 Å². The molecule has 1 unspecified atom stereocenters. The minimum absolute atomic E-state index is 0.103. The Kier molecular flexibility index (Phi) is 8.16. The predicted molar refractivity (Wildman–Crippen MR) is 75.4 cm³/mol. The molecule has 0 amide bonds. The molecule has 0 fully saturated rings. The van der Waals surface area contributed by atoms with Gasteiger partial charge in [-0.2, -0.15) is 0 Å². The van der Waals surface area contributed by atoms with E-state index in [0.717, 1.165) is 19.3 Å². The quantitative estimate of drug-likeness (QED) is 0.585. The molecule has 3 heteroatoms. The Morgan fingerprint density at radius 2 is 1.67 bits per heavy atom. The molecular formula is C15H28O3. The Balaban J connectivity index is 3.96. The Bertz CT molecular complexity index is 285. The summed E-state index contributed by atoms with van der Waals surface area (Å²) in [5.74, 6) is 0. The van der Waals surface area contributed by atoms with E-state index in [2.05, 4.69) is 6.08 Å². The SMILES string of the molecule is C/C(=C/CO)CC/C=C(/C)CCC(O)C(C)(C)O. The summed E-state index contributed by atoms with van der Waals surface area (Å²) in [6, 6.07) is 0. The summed E-state index contributed by atoms with van der Waals surface area (Å²) in [7, 11) is 0. The van der Waals surface area contributed by atoms with Crippen LogP contribution in [0.5, 0.6) is 0 Å². The molecule has 106 valence electrons. The van der Waals surface area contributed by atoms with E-state index >= 15 is 0 Å². The predicted octanol–water partition coefficient (Wildman–Crippen LogP) is 2.56. The van der Waals surface area contributed by atoms with Gasteiger partial charge in [0.15, 0.2) is 0 Å². The number of allylic oxidation sites excluding steroid dienone is 3. The number of hydrogen-bond acceptors (Lipinski definition) is 3. The highest BCUT2D eigenvalue weighted by Crippen LogP contribution is 2.17. The standard InChI is InChI=1S/C15H28O3/c1-12(6-5-7-13(2)10-11-16)8-9-14(17)15(3,4)18/h6,10,14,16-18H,5,7-9,11H2,1-4H3/b12-6-,13-10-. The number of aliphatic hydroxyl groups is 3. The van der Waals surface area contributed by atoms with Crippen molar-refractivity contribution >= 4 is 0 Å². The minimum atomic E-state index is -1.03. The van der Waals surface area contributed by atoms with E-state index in [9.17, 15) is 10.2 Å². The molecule has 0 spiro atoms. The van der Waals surface area contributed by atoms with Crippen LogP contribution in [0.1, 0.15) is 53.4 Å². The first-order valence-corrected chi connectivity index (χ1v) is 6.60. The molecule has 0 aliphatic heterocycles. The molecular weight excluding hydrogens is 228 g/mol. The van der Waals surface area contributed by atoms with Crippen molar-refractivity contribution in [3.63, 3.8) is 0 Å². The molecule has 0 rings (SSSR count). The van der Waals surface area contributed by atoms with Gasteiger partial charge in [-0.25, -0.2) is 0 Å². The first-order chi connectivity index (χ1) is 8.27. The van der Waals surface area contributed by atoms with Crippen LogP contribution in [-0.4, -0.2) is 33.6 Å². The first-order valence-electron chi connectivity index (χ1n) is 6.60. The third kappa shape index (κ3) is 8.45. The Morgan fingerprint density at radius 1 is 1.11 bits per heavy atom. The molecule has 0 aliphatic rings. The second kappa shape index (κ2) is 8.46. The van der Waals surface area contributed by atoms with E-state index in [1.54, 1.807) is 13.8 Å². The highest BCUT2D eigenvalue weighted by molar-refractivity contribution is 5.04. The van der Waals surface area contributed by atoms with Crippen molar-refractivity contribution in [1.29, 1.82) is 0 Å². The van der Waals surface area contributed by atoms with Gasteiger partial charge in [-0.1, -0.05) is 23.3 Å². The van der Waals surface area contributed by atoms with Crippen molar-refractivity contribution < 1.29 is 15.3 Å². The van der Waals surface area contributed by atoms with Gasteiger partial charge in [0.2, 0.25) is 0 Å². The maximum atomic E-state index is 9.70. The Morgan fingerprint density at radius 3 is 2.17 bits per heavy atom. The fourth-order valence-corrected chi connectivity index (χ4v) is 1.62. The molecule has 0 saturated heterocycles. The van der Waals surface area contributed by atoms with Crippen LogP contribution in [-0.2, 0) is 0 Å². The van der Waals surface area contributed by atoms with Gasteiger partial charge in [0.25, 0.3) is 0 Å². The lowest BCUT2D eigenvalue weighted by Gasteiger charge is -2.24. The van der Waals surface area contributed by atoms with Gasteiger partial charge in [0, 0.05) is 0 Å². The highest BCUT2D eigenvalue weighted by Gasteiger charge is 2.23. The number of hydrogen-bond donors (Lipinski definition) is 3. The van der Waals surface area contributed by atoms with Crippen LogP contribution < -0.4 is 0 Å². The summed E-state index contributed by atoms with van der Waals surface area (Å²) in [6.07, 6.45) is 6.58. The maximum Gasteiger partial charge on any atom is 0.0849 e. The van der Waals surface area contributed by atoms with Crippen molar-refractivity contribution in [2.45, 2.75) is 65.1 Å². The summed E-state index contributed by atoms with van der Waals surface area (Å²) in [4.78, 5) is 0. The molecule has 18 heavy (non-hydrogen) atoms. The molecule has 3 nitrogen and oxygen atoms in total. The van der Waals surface area contributed by atoms with Crippen molar-refractivity contribution in [3.05, 3.63) is 23.3 Å². The molecule has 0 aromatic heterocycles.